The fraction of sp³-hybridized carbons (Fsp3) is 0.150. The summed E-state index contributed by atoms with van der Waals surface area (Å²) in [6.07, 6.45) is 0. The molecule has 1 N–H and O–H groups in total. The number of rotatable bonds is 6. The van der Waals surface area contributed by atoms with Crippen molar-refractivity contribution in [3.05, 3.63) is 82.4 Å². The molecule has 27 heavy (non-hydrogen) atoms. The Morgan fingerprint density at radius 1 is 1.15 bits per heavy atom. The van der Waals surface area contributed by atoms with Crippen LogP contribution in [0, 0.1) is 5.82 Å². The highest BCUT2D eigenvalue weighted by Gasteiger charge is 2.09. The van der Waals surface area contributed by atoms with E-state index in [9.17, 15) is 14.0 Å². The van der Waals surface area contributed by atoms with Crippen LogP contribution in [0.3, 0.4) is 0 Å². The first-order valence-corrected chi connectivity index (χ1v) is 8.29. The topological polar surface area (TPSA) is 73.2 Å². The van der Waals surface area contributed by atoms with Crippen LogP contribution in [-0.4, -0.2) is 22.8 Å². The second kappa shape index (κ2) is 8.27. The predicted molar refractivity (Wildman–Crippen MR) is 98.7 cm³/mol. The summed E-state index contributed by atoms with van der Waals surface area (Å²) in [6, 6.07) is 16.1. The maximum atomic E-state index is 12.9. The molecule has 0 atom stereocenters. The number of halogens is 1. The summed E-state index contributed by atoms with van der Waals surface area (Å²) in [5, 5.41) is 6.95. The summed E-state index contributed by atoms with van der Waals surface area (Å²) < 4.78 is 19.2. The summed E-state index contributed by atoms with van der Waals surface area (Å²) in [5.41, 5.74) is 1.71. The number of hydrogen-bond donors (Lipinski definition) is 1. The average Bonchev–Trinajstić information content (AvgIpc) is 2.69. The van der Waals surface area contributed by atoms with Gasteiger partial charge < -0.3 is 10.1 Å². The number of aromatic nitrogens is 2. The molecule has 1 heterocycles. The van der Waals surface area contributed by atoms with E-state index in [1.165, 1.54) is 18.2 Å². The van der Waals surface area contributed by atoms with Crippen molar-refractivity contribution < 1.29 is 13.9 Å². The molecule has 6 nitrogen and oxygen atoms in total. The summed E-state index contributed by atoms with van der Waals surface area (Å²) in [5.74, 6) is -0.0315. The van der Waals surface area contributed by atoms with Crippen LogP contribution in [0.4, 0.5) is 4.39 Å². The summed E-state index contributed by atoms with van der Waals surface area (Å²) in [4.78, 5) is 24.2. The van der Waals surface area contributed by atoms with Crippen LogP contribution >= 0.6 is 0 Å². The van der Waals surface area contributed by atoms with E-state index in [0.29, 0.717) is 11.4 Å². The fourth-order valence-electron chi connectivity index (χ4n) is 2.49. The minimum absolute atomic E-state index is 0.210. The van der Waals surface area contributed by atoms with Gasteiger partial charge in [0.05, 0.1) is 12.8 Å². The molecule has 7 heteroatoms. The molecule has 138 valence electrons. The highest BCUT2D eigenvalue weighted by atomic mass is 19.1. The monoisotopic (exact) mass is 367 g/mol. The lowest BCUT2D eigenvalue weighted by Gasteiger charge is -2.09. The first-order chi connectivity index (χ1) is 13.0. The third-order valence-corrected chi connectivity index (χ3v) is 3.93. The number of nitrogens with one attached hydrogen (secondary N) is 1. The van der Waals surface area contributed by atoms with Crippen LogP contribution in [0.15, 0.2) is 65.5 Å². The number of nitrogens with zero attached hydrogens (tertiary/aromatic N) is 2. The Labute approximate surface area is 155 Å². The van der Waals surface area contributed by atoms with Crippen LogP contribution in [0.25, 0.3) is 11.3 Å². The first kappa shape index (κ1) is 18.3. The highest BCUT2D eigenvalue weighted by molar-refractivity contribution is 5.75. The molecule has 3 rings (SSSR count). The molecule has 0 aliphatic carbocycles. The molecule has 0 fully saturated rings. The fourth-order valence-corrected chi connectivity index (χ4v) is 2.49. The van der Waals surface area contributed by atoms with E-state index in [1.54, 1.807) is 31.4 Å². The number of ether oxygens (including phenoxy) is 1. The minimum Gasteiger partial charge on any atom is -0.497 e. The number of carbonyl (C=O) groups is 1. The molecule has 1 aromatic heterocycles. The maximum Gasteiger partial charge on any atom is 0.267 e. The molecule has 0 spiro atoms. The normalized spacial score (nSPS) is 10.4. The van der Waals surface area contributed by atoms with Gasteiger partial charge in [0, 0.05) is 18.2 Å². The minimum atomic E-state index is -0.376. The van der Waals surface area contributed by atoms with Gasteiger partial charge in [-0.1, -0.05) is 24.3 Å². The summed E-state index contributed by atoms with van der Waals surface area (Å²) in [7, 11) is 1.57. The number of carbonyl (C=O) groups excluding carboxylic acids is 1. The van der Waals surface area contributed by atoms with Crippen LogP contribution in [0.2, 0.25) is 0 Å². The Hall–Kier alpha value is -3.48. The first-order valence-electron chi connectivity index (χ1n) is 8.29. The molecular formula is C20H18FN3O3. The number of benzene rings is 2. The van der Waals surface area contributed by atoms with Crippen molar-refractivity contribution in [2.75, 3.05) is 7.11 Å². The van der Waals surface area contributed by atoms with Crippen molar-refractivity contribution in [1.82, 2.24) is 15.1 Å². The molecule has 0 radical (unpaired) electrons. The van der Waals surface area contributed by atoms with Gasteiger partial charge in [0.2, 0.25) is 5.91 Å². The zero-order chi connectivity index (χ0) is 19.2. The zero-order valence-corrected chi connectivity index (χ0v) is 14.7. The number of methoxy groups -OCH3 is 1. The lowest BCUT2D eigenvalue weighted by atomic mass is 10.1. The number of hydrogen-bond acceptors (Lipinski definition) is 4. The van der Waals surface area contributed by atoms with Crippen molar-refractivity contribution in [2.24, 2.45) is 0 Å². The van der Waals surface area contributed by atoms with Gasteiger partial charge in [0.25, 0.3) is 5.56 Å². The standard InChI is InChI=1S/C20H18FN3O3/c1-27-17-4-2-3-15(11-17)18-9-10-20(26)24(23-18)13-19(25)22-12-14-5-7-16(21)8-6-14/h2-11H,12-13H2,1H3,(H,22,25). The van der Waals surface area contributed by atoms with Crippen molar-refractivity contribution in [3.8, 4) is 17.0 Å². The SMILES string of the molecule is COc1cccc(-c2ccc(=O)n(CC(=O)NCc3ccc(F)cc3)n2)c1. The summed E-state index contributed by atoms with van der Waals surface area (Å²) >= 11 is 0. The lowest BCUT2D eigenvalue weighted by molar-refractivity contribution is -0.122. The molecular weight excluding hydrogens is 349 g/mol. The highest BCUT2D eigenvalue weighted by Crippen LogP contribution is 2.21. The van der Waals surface area contributed by atoms with Crippen LogP contribution < -0.4 is 15.6 Å². The Balaban J connectivity index is 1.71. The molecule has 0 aliphatic heterocycles. The van der Waals surface area contributed by atoms with Gasteiger partial charge in [-0.2, -0.15) is 5.10 Å². The van der Waals surface area contributed by atoms with Gasteiger partial charge in [0.15, 0.2) is 0 Å². The van der Waals surface area contributed by atoms with Gasteiger partial charge in [-0.3, -0.25) is 9.59 Å². The van der Waals surface area contributed by atoms with Gasteiger partial charge >= 0.3 is 0 Å². The van der Waals surface area contributed by atoms with Crippen LogP contribution in [0.5, 0.6) is 5.75 Å². The largest absolute Gasteiger partial charge is 0.497 e. The van der Waals surface area contributed by atoms with E-state index in [0.717, 1.165) is 15.8 Å². The molecule has 3 aromatic rings. The molecule has 0 bridgehead atoms. The zero-order valence-electron chi connectivity index (χ0n) is 14.7. The van der Waals surface area contributed by atoms with Gasteiger partial charge in [-0.25, -0.2) is 9.07 Å². The van der Waals surface area contributed by atoms with E-state index < -0.39 is 0 Å². The molecule has 0 saturated carbocycles. The van der Waals surface area contributed by atoms with E-state index >= 15 is 0 Å². The van der Waals surface area contributed by atoms with Crippen LogP contribution in [0.1, 0.15) is 5.56 Å². The predicted octanol–water partition coefficient (Wildman–Crippen LogP) is 2.37. The van der Waals surface area contributed by atoms with Crippen molar-refractivity contribution in [2.45, 2.75) is 13.1 Å². The third kappa shape index (κ3) is 4.78. The second-order valence-electron chi connectivity index (χ2n) is 5.85. The Bertz CT molecular complexity index is 1000. The Morgan fingerprint density at radius 3 is 2.67 bits per heavy atom. The van der Waals surface area contributed by atoms with E-state index in [1.807, 2.05) is 18.2 Å². The van der Waals surface area contributed by atoms with Crippen LogP contribution in [-0.2, 0) is 17.9 Å². The van der Waals surface area contributed by atoms with E-state index in [4.69, 9.17) is 4.74 Å². The third-order valence-electron chi connectivity index (χ3n) is 3.93. The quantitative estimate of drug-likeness (QED) is 0.726. The molecule has 0 saturated heterocycles. The van der Waals surface area contributed by atoms with Gasteiger partial charge in [-0.05, 0) is 35.9 Å². The van der Waals surface area contributed by atoms with Gasteiger partial charge in [-0.15, -0.1) is 0 Å². The summed E-state index contributed by atoms with van der Waals surface area (Å²) in [6.45, 7) is 0.0290. The smallest absolute Gasteiger partial charge is 0.267 e. The number of amides is 1. The van der Waals surface area contributed by atoms with Gasteiger partial charge in [0.1, 0.15) is 18.1 Å². The van der Waals surface area contributed by atoms with E-state index in [-0.39, 0.29) is 30.4 Å². The van der Waals surface area contributed by atoms with Crippen molar-refractivity contribution in [3.63, 3.8) is 0 Å². The van der Waals surface area contributed by atoms with E-state index in [2.05, 4.69) is 10.4 Å². The average molecular weight is 367 g/mol. The Morgan fingerprint density at radius 2 is 1.93 bits per heavy atom. The molecule has 0 unspecified atom stereocenters. The van der Waals surface area contributed by atoms with Crippen molar-refractivity contribution in [1.29, 1.82) is 0 Å². The van der Waals surface area contributed by atoms with Crippen molar-refractivity contribution >= 4 is 5.91 Å². The maximum absolute atomic E-state index is 12.9. The lowest BCUT2D eigenvalue weighted by Crippen LogP contribution is -2.33. The molecule has 0 aliphatic rings. The molecule has 1 amide bonds. The second-order valence-corrected chi connectivity index (χ2v) is 5.85. The molecule has 2 aromatic carbocycles. The Kier molecular flexibility index (Phi) is 5.61.